The molecule has 0 aliphatic rings. The molecule has 0 fully saturated rings. The molecular formula is C38H85N4O18S3Si+. The number of rotatable bonds is 45. The molecule has 26 heteroatoms. The molecule has 0 aliphatic heterocycles. The van der Waals surface area contributed by atoms with Crippen LogP contribution >= 0.6 is 0 Å². The van der Waals surface area contributed by atoms with E-state index in [1.165, 1.54) is 0 Å². The third-order valence-corrected chi connectivity index (χ3v) is 16.3. The summed E-state index contributed by atoms with van der Waals surface area (Å²) in [5, 5.41) is 71.1. The lowest BCUT2D eigenvalue weighted by Crippen LogP contribution is -2.64. The molecular weight excluding hydrogens is 925 g/mol. The molecule has 0 atom stereocenters. The number of nitrogens with zero attached hydrogens (tertiary/aromatic N) is 1. The molecule has 12 N–H and O–H groups in total. The van der Waals surface area contributed by atoms with Gasteiger partial charge in [-0.15, -0.1) is 0 Å². The Hall–Kier alpha value is -0.573. The number of hydrogen-bond acceptors (Lipinski definition) is 18. The zero-order valence-corrected chi connectivity index (χ0v) is 41.9. The Labute approximate surface area is 384 Å². The number of quaternary nitrogens is 1. The second-order valence-electron chi connectivity index (χ2n) is 17.4. The van der Waals surface area contributed by atoms with Gasteiger partial charge in [-0.3, -0.25) is 13.7 Å². The van der Waals surface area contributed by atoms with E-state index < -0.39 is 152 Å². The van der Waals surface area contributed by atoms with Crippen LogP contribution in [0, 0.1) is 0 Å². The summed E-state index contributed by atoms with van der Waals surface area (Å²) in [5.41, 5.74) is -5.35. The highest BCUT2D eigenvalue weighted by Crippen LogP contribution is 2.26. The first-order valence-electron chi connectivity index (χ1n) is 22.4. The van der Waals surface area contributed by atoms with Crippen molar-refractivity contribution in [2.45, 2.75) is 120 Å². The second-order valence-corrected chi connectivity index (χ2v) is 24.9. The molecule has 0 aromatic carbocycles. The van der Waals surface area contributed by atoms with Gasteiger partial charge in [0.1, 0.15) is 0 Å². The van der Waals surface area contributed by atoms with Crippen molar-refractivity contribution in [1.82, 2.24) is 16.0 Å². The first-order chi connectivity index (χ1) is 29.9. The van der Waals surface area contributed by atoms with Gasteiger partial charge in [0.05, 0.1) is 120 Å². The van der Waals surface area contributed by atoms with Crippen molar-refractivity contribution in [3.05, 3.63) is 0 Å². The summed E-state index contributed by atoms with van der Waals surface area (Å²) in [6.45, 7) is -1.68. The van der Waals surface area contributed by atoms with Gasteiger partial charge in [-0.05, 0) is 25.7 Å². The van der Waals surface area contributed by atoms with E-state index in [4.69, 9.17) is 13.3 Å². The molecule has 0 rings (SSSR count). The van der Waals surface area contributed by atoms with Crippen molar-refractivity contribution in [1.29, 1.82) is 0 Å². The van der Waals surface area contributed by atoms with Crippen molar-refractivity contribution in [3.63, 3.8) is 0 Å². The van der Waals surface area contributed by atoms with Crippen LogP contribution in [0.4, 0.5) is 0 Å². The van der Waals surface area contributed by atoms with Crippen LogP contribution in [-0.2, 0) is 43.6 Å². The molecule has 0 bridgehead atoms. The number of nitrogens with one attached hydrogen (secondary N) is 3. The summed E-state index contributed by atoms with van der Waals surface area (Å²) in [4.78, 5) is 0. The van der Waals surface area contributed by atoms with Crippen LogP contribution in [0.2, 0.25) is 6.04 Å². The minimum atomic E-state index is -4.48. The first-order valence-corrected chi connectivity index (χ1v) is 29.2. The van der Waals surface area contributed by atoms with Crippen LogP contribution in [0.15, 0.2) is 0 Å². The molecule has 0 spiro atoms. The molecule has 0 unspecified atom stereocenters. The molecule has 0 saturated heterocycles. The topological polar surface area (TPSA) is 348 Å². The number of hydrogen-bond donors (Lipinski definition) is 12. The number of unbranched alkanes of at least 4 members (excludes halogenated alkanes) is 10. The van der Waals surface area contributed by atoms with Crippen LogP contribution in [0.3, 0.4) is 0 Å². The Morgan fingerprint density at radius 3 is 0.984 bits per heavy atom. The van der Waals surface area contributed by atoms with Gasteiger partial charge in [0.15, 0.2) is 0 Å². The van der Waals surface area contributed by atoms with Crippen LogP contribution in [0.25, 0.3) is 0 Å². The van der Waals surface area contributed by atoms with E-state index in [9.17, 15) is 69.6 Å². The van der Waals surface area contributed by atoms with E-state index in [1.807, 2.05) is 0 Å². The monoisotopic (exact) mass is 1010 g/mol. The maximum Gasteiger partial charge on any atom is 0.501 e. The molecule has 0 aromatic rings. The average molecular weight is 1010 g/mol. The lowest BCUT2D eigenvalue weighted by molar-refractivity contribution is -0.910. The Morgan fingerprint density at radius 1 is 0.453 bits per heavy atom. The predicted octanol–water partition coefficient (Wildman–Crippen LogP) is -0.865. The van der Waals surface area contributed by atoms with E-state index in [2.05, 4.69) is 36.8 Å². The summed E-state index contributed by atoms with van der Waals surface area (Å²) < 4.78 is 117. The molecule has 22 nitrogen and oxygen atoms in total. The number of aliphatic hydroxyl groups is 6. The Bertz CT molecular complexity index is 1380. The van der Waals surface area contributed by atoms with E-state index in [0.29, 0.717) is 17.4 Å². The lowest BCUT2D eigenvalue weighted by Gasteiger charge is -2.41. The van der Waals surface area contributed by atoms with Gasteiger partial charge in [0.2, 0.25) is 0 Å². The molecule has 0 radical (unpaired) electrons. The SMILES string of the molecule is CCCCCCCC[N+](C)(CCCCCCCC)CCC[Si](OCC(CO)(CO)NCCS(=O)(=O)O)(OCC(CO)(CO)NCCS(=O)(=O)O)OCC(CO)(CO)NCCS(=O)(=O)O. The zero-order valence-electron chi connectivity index (χ0n) is 38.5. The second kappa shape index (κ2) is 32.3. The highest BCUT2D eigenvalue weighted by molar-refractivity contribution is 7.86. The maximum atomic E-state index is 11.5. The van der Waals surface area contributed by atoms with Crippen LogP contribution in [0.1, 0.15) is 97.3 Å². The average Bonchev–Trinajstić information content (AvgIpc) is 3.23. The van der Waals surface area contributed by atoms with Gasteiger partial charge in [0, 0.05) is 32.1 Å². The van der Waals surface area contributed by atoms with Crippen molar-refractivity contribution in [2.75, 3.05) is 123 Å². The third kappa shape index (κ3) is 28.7. The molecule has 0 saturated carbocycles. The smallest absolute Gasteiger partial charge is 0.394 e. The number of aliphatic hydroxyl groups excluding tert-OH is 6. The highest BCUT2D eigenvalue weighted by Gasteiger charge is 2.48. The van der Waals surface area contributed by atoms with Gasteiger partial charge in [-0.1, -0.05) is 65.2 Å². The summed E-state index contributed by atoms with van der Waals surface area (Å²) in [5.74, 6) is -2.39. The minimum Gasteiger partial charge on any atom is -0.394 e. The van der Waals surface area contributed by atoms with Gasteiger partial charge in [-0.2, -0.15) is 25.3 Å². The molecule has 0 amide bonds. The molecule has 0 aromatic heterocycles. The van der Waals surface area contributed by atoms with Crippen LogP contribution in [0.5, 0.6) is 0 Å². The van der Waals surface area contributed by atoms with Crippen LogP contribution < -0.4 is 16.0 Å². The molecule has 386 valence electrons. The van der Waals surface area contributed by atoms with Crippen LogP contribution in [-0.4, -0.2) is 222 Å². The zero-order chi connectivity index (χ0) is 48.9. The summed E-state index contributed by atoms with van der Waals surface area (Å²) in [7, 11) is -15.7. The summed E-state index contributed by atoms with van der Waals surface area (Å²) in [6, 6.07) is -0.0400. The Balaban J connectivity index is 7.26. The first kappa shape index (κ1) is 63.4. The van der Waals surface area contributed by atoms with Crippen molar-refractivity contribution >= 4 is 39.2 Å². The fourth-order valence-corrected chi connectivity index (χ4v) is 10.7. The summed E-state index contributed by atoms with van der Waals surface area (Å²) in [6.07, 6.45) is 13.5. The van der Waals surface area contributed by atoms with Gasteiger partial charge in [0.25, 0.3) is 30.4 Å². The van der Waals surface area contributed by atoms with E-state index in [1.54, 1.807) is 0 Å². The molecule has 0 heterocycles. The Morgan fingerprint density at radius 2 is 0.719 bits per heavy atom. The quantitative estimate of drug-likeness (QED) is 0.0153. The third-order valence-electron chi connectivity index (χ3n) is 11.4. The Kier molecular flexibility index (Phi) is 32.0. The van der Waals surface area contributed by atoms with Crippen molar-refractivity contribution < 1.29 is 87.3 Å². The lowest BCUT2D eigenvalue weighted by atomic mass is 10.0. The highest BCUT2D eigenvalue weighted by atomic mass is 32.2. The fourth-order valence-electron chi connectivity index (χ4n) is 6.89. The minimum absolute atomic E-state index is 0.0400. The van der Waals surface area contributed by atoms with Gasteiger partial charge >= 0.3 is 8.80 Å². The normalized spacial score (nSPS) is 13.9. The van der Waals surface area contributed by atoms with E-state index in [0.717, 1.165) is 90.1 Å². The van der Waals surface area contributed by atoms with Gasteiger partial charge in [-0.25, -0.2) is 0 Å². The molecule has 0 aliphatic carbocycles. The standard InChI is InChI=1S/C38H84N4O18S3Si/c1-4-6-8-10-12-14-20-42(3,21-15-13-11-9-7-5-2)22-16-26-64(58-33-36(27-43,28-44)39-17-23-61(49,50)51,59-34-37(29-45,30-46)40-18-24-62(52,53)54)60-35-38(31-47,32-48)41-19-25-63(55,56)57/h39-41,43-48H,4-35H2,1-3H3,(H2-,49,50,51,52,53,54,55,56,57)/p+1. The van der Waals surface area contributed by atoms with E-state index in [-0.39, 0.29) is 6.04 Å². The van der Waals surface area contributed by atoms with Crippen molar-refractivity contribution in [3.8, 4) is 0 Å². The maximum absolute atomic E-state index is 11.5. The van der Waals surface area contributed by atoms with E-state index >= 15 is 0 Å². The largest absolute Gasteiger partial charge is 0.501 e. The van der Waals surface area contributed by atoms with Gasteiger partial charge < -0.3 is 64.4 Å². The predicted molar refractivity (Wildman–Crippen MR) is 245 cm³/mol. The summed E-state index contributed by atoms with van der Waals surface area (Å²) >= 11 is 0. The fraction of sp³-hybridized carbons (Fsp3) is 1.00. The molecule has 64 heavy (non-hydrogen) atoms. The van der Waals surface area contributed by atoms with Crippen molar-refractivity contribution in [2.24, 2.45) is 0 Å².